The lowest BCUT2D eigenvalue weighted by Crippen LogP contribution is -2.31. The Kier molecular flexibility index (Phi) is 6.40. The molecule has 0 aliphatic carbocycles. The number of Topliss-reactive ketones (excluding diaryl/α,β-unsaturated/α-hetero) is 1. The number of carbonyl (C=O) groups excluding carboxylic acids is 1. The van der Waals surface area contributed by atoms with Gasteiger partial charge in [0.05, 0.1) is 9.79 Å². The molecule has 2 aromatic rings. The van der Waals surface area contributed by atoms with Crippen molar-refractivity contribution in [1.29, 1.82) is 0 Å². The highest BCUT2D eigenvalue weighted by Crippen LogP contribution is 2.23. The second-order valence-electron chi connectivity index (χ2n) is 7.03. The first-order valence-electron chi connectivity index (χ1n) is 9.44. The summed E-state index contributed by atoms with van der Waals surface area (Å²) in [6.07, 6.45) is 3.74. The van der Waals surface area contributed by atoms with Gasteiger partial charge >= 0.3 is 0 Å². The van der Waals surface area contributed by atoms with E-state index in [0.29, 0.717) is 18.7 Å². The van der Waals surface area contributed by atoms with Gasteiger partial charge in [-0.2, -0.15) is 4.31 Å². The van der Waals surface area contributed by atoms with Crippen LogP contribution in [0.2, 0.25) is 0 Å². The molecule has 0 aromatic heterocycles. The van der Waals surface area contributed by atoms with Gasteiger partial charge in [0.15, 0.2) is 5.78 Å². The zero-order valence-electron chi connectivity index (χ0n) is 16.2. The summed E-state index contributed by atoms with van der Waals surface area (Å²) in [5, 5.41) is 0. The lowest BCUT2D eigenvalue weighted by molar-refractivity contribution is 0.101. The van der Waals surface area contributed by atoms with Crippen LogP contribution in [0.15, 0.2) is 58.3 Å². The number of rotatable bonds is 6. The van der Waals surface area contributed by atoms with Crippen LogP contribution in [0.25, 0.3) is 0 Å². The van der Waals surface area contributed by atoms with Crippen LogP contribution in [0.3, 0.4) is 0 Å². The van der Waals surface area contributed by atoms with Gasteiger partial charge < -0.3 is 0 Å². The van der Waals surface area contributed by atoms with Gasteiger partial charge in [0.2, 0.25) is 10.0 Å². The second-order valence-corrected chi connectivity index (χ2v) is 10.7. The Balaban J connectivity index is 1.79. The molecule has 0 amide bonds. The minimum atomic E-state index is -3.91. The van der Waals surface area contributed by atoms with E-state index < -0.39 is 20.0 Å². The lowest BCUT2D eigenvalue weighted by atomic mass is 10.2. The van der Waals surface area contributed by atoms with Crippen LogP contribution in [0.1, 0.15) is 43.0 Å². The molecule has 7 nitrogen and oxygen atoms in total. The number of sulfonamides is 2. The largest absolute Gasteiger partial charge is 0.295 e. The predicted molar refractivity (Wildman–Crippen MR) is 111 cm³/mol. The van der Waals surface area contributed by atoms with Gasteiger partial charge in [-0.05, 0) is 56.2 Å². The molecule has 0 atom stereocenters. The highest BCUT2D eigenvalue weighted by Gasteiger charge is 2.25. The molecule has 29 heavy (non-hydrogen) atoms. The summed E-state index contributed by atoms with van der Waals surface area (Å²) < 4.78 is 54.7. The van der Waals surface area contributed by atoms with Crippen LogP contribution in [0, 0.1) is 0 Å². The first kappa shape index (κ1) is 21.5. The summed E-state index contributed by atoms with van der Waals surface area (Å²) in [6.45, 7) is 2.37. The Hall–Kier alpha value is -2.23. The van der Waals surface area contributed by atoms with E-state index in [0.717, 1.165) is 25.7 Å². The number of hydrogen-bond acceptors (Lipinski definition) is 5. The summed E-state index contributed by atoms with van der Waals surface area (Å²) in [6, 6.07) is 11.4. The number of nitrogens with one attached hydrogen (secondary N) is 1. The Bertz CT molecular complexity index is 1090. The maximum atomic E-state index is 12.8. The van der Waals surface area contributed by atoms with Crippen molar-refractivity contribution in [3.05, 3.63) is 54.1 Å². The van der Waals surface area contributed by atoms with E-state index in [1.54, 1.807) is 6.07 Å². The monoisotopic (exact) mass is 436 g/mol. The summed E-state index contributed by atoms with van der Waals surface area (Å²) in [4.78, 5) is 11.6. The van der Waals surface area contributed by atoms with Crippen molar-refractivity contribution in [3.8, 4) is 0 Å². The van der Waals surface area contributed by atoms with Gasteiger partial charge in [-0.3, -0.25) is 9.52 Å². The molecule has 2 aromatic carbocycles. The van der Waals surface area contributed by atoms with Crippen LogP contribution < -0.4 is 4.72 Å². The van der Waals surface area contributed by atoms with Crippen molar-refractivity contribution in [3.63, 3.8) is 0 Å². The van der Waals surface area contributed by atoms with Gasteiger partial charge in [0.1, 0.15) is 0 Å². The predicted octanol–water partition coefficient (Wildman–Crippen LogP) is 3.25. The average Bonchev–Trinajstić information content (AvgIpc) is 2.98. The standard InChI is InChI=1S/C20H24N2O5S2/c1-16(23)17-7-6-8-20(15-17)28(24,25)21-18-9-11-19(12-10-18)29(26,27)22-13-4-2-3-5-14-22/h6-12,15,21H,2-5,13-14H2,1H3. The average molecular weight is 437 g/mol. The molecule has 0 saturated carbocycles. The van der Waals surface area contributed by atoms with Crippen LogP contribution in [-0.2, 0) is 20.0 Å². The first-order chi connectivity index (χ1) is 13.7. The van der Waals surface area contributed by atoms with Crippen molar-refractivity contribution in [2.75, 3.05) is 17.8 Å². The molecule has 1 N–H and O–H groups in total. The van der Waals surface area contributed by atoms with E-state index in [-0.39, 0.29) is 21.3 Å². The van der Waals surface area contributed by atoms with Crippen molar-refractivity contribution in [2.24, 2.45) is 0 Å². The molecule has 156 valence electrons. The maximum absolute atomic E-state index is 12.8. The topological polar surface area (TPSA) is 101 Å². The highest BCUT2D eigenvalue weighted by atomic mass is 32.2. The minimum absolute atomic E-state index is 0.0357. The number of ketones is 1. The van der Waals surface area contributed by atoms with E-state index in [2.05, 4.69) is 4.72 Å². The zero-order valence-corrected chi connectivity index (χ0v) is 17.8. The highest BCUT2D eigenvalue weighted by molar-refractivity contribution is 7.92. The Morgan fingerprint density at radius 3 is 2.07 bits per heavy atom. The zero-order chi connectivity index (χ0) is 21.1. The second kappa shape index (κ2) is 8.64. The number of benzene rings is 2. The van der Waals surface area contributed by atoms with Gasteiger partial charge in [-0.25, -0.2) is 16.8 Å². The van der Waals surface area contributed by atoms with Gasteiger partial charge in [0.25, 0.3) is 10.0 Å². The van der Waals surface area contributed by atoms with Crippen LogP contribution in [-0.4, -0.2) is 40.0 Å². The molecular weight excluding hydrogens is 412 g/mol. The summed E-state index contributed by atoms with van der Waals surface area (Å²) in [5.41, 5.74) is 0.541. The van der Waals surface area contributed by atoms with Gasteiger partial charge in [-0.1, -0.05) is 25.0 Å². The number of hydrogen-bond donors (Lipinski definition) is 1. The van der Waals surface area contributed by atoms with E-state index >= 15 is 0 Å². The van der Waals surface area contributed by atoms with E-state index in [4.69, 9.17) is 0 Å². The SMILES string of the molecule is CC(=O)c1cccc(S(=O)(=O)Nc2ccc(S(=O)(=O)N3CCCCCC3)cc2)c1. The maximum Gasteiger partial charge on any atom is 0.261 e. The van der Waals surface area contributed by atoms with Crippen molar-refractivity contribution in [1.82, 2.24) is 4.31 Å². The molecule has 1 heterocycles. The minimum Gasteiger partial charge on any atom is -0.295 e. The Labute approximate surface area is 171 Å². The van der Waals surface area contributed by atoms with Crippen molar-refractivity contribution in [2.45, 2.75) is 42.4 Å². The van der Waals surface area contributed by atoms with Gasteiger partial charge in [0, 0.05) is 24.3 Å². The Morgan fingerprint density at radius 1 is 0.862 bits per heavy atom. The molecule has 1 aliphatic rings. The van der Waals surface area contributed by atoms with Crippen molar-refractivity contribution >= 4 is 31.5 Å². The smallest absolute Gasteiger partial charge is 0.261 e. The fourth-order valence-corrected chi connectivity index (χ4v) is 5.84. The molecule has 3 rings (SSSR count). The fraction of sp³-hybridized carbons (Fsp3) is 0.350. The van der Waals surface area contributed by atoms with E-state index in [1.165, 1.54) is 53.7 Å². The quantitative estimate of drug-likeness (QED) is 0.701. The van der Waals surface area contributed by atoms with Crippen LogP contribution in [0.4, 0.5) is 5.69 Å². The summed E-state index contributed by atoms with van der Waals surface area (Å²) in [5.74, 6) is -0.231. The third kappa shape index (κ3) is 5.04. The third-order valence-corrected chi connectivity index (χ3v) is 8.15. The fourth-order valence-electron chi connectivity index (χ4n) is 3.22. The molecule has 1 aliphatic heterocycles. The molecule has 0 radical (unpaired) electrons. The molecule has 1 fully saturated rings. The van der Waals surface area contributed by atoms with Gasteiger partial charge in [-0.15, -0.1) is 0 Å². The molecule has 0 bridgehead atoms. The van der Waals surface area contributed by atoms with E-state index in [1.807, 2.05) is 0 Å². The van der Waals surface area contributed by atoms with Crippen LogP contribution >= 0.6 is 0 Å². The molecule has 9 heteroatoms. The number of nitrogens with zero attached hydrogens (tertiary/aromatic N) is 1. The number of anilines is 1. The van der Waals surface area contributed by atoms with Crippen LogP contribution in [0.5, 0.6) is 0 Å². The molecule has 0 unspecified atom stereocenters. The Morgan fingerprint density at radius 2 is 1.48 bits per heavy atom. The molecular formula is C20H24N2O5S2. The lowest BCUT2D eigenvalue weighted by Gasteiger charge is -2.20. The molecule has 1 saturated heterocycles. The third-order valence-electron chi connectivity index (χ3n) is 4.86. The normalized spacial score (nSPS) is 16.2. The molecule has 0 spiro atoms. The first-order valence-corrected chi connectivity index (χ1v) is 12.4. The van der Waals surface area contributed by atoms with E-state index in [9.17, 15) is 21.6 Å². The summed E-state index contributed by atoms with van der Waals surface area (Å²) >= 11 is 0. The summed E-state index contributed by atoms with van der Waals surface area (Å²) in [7, 11) is -7.50. The number of carbonyl (C=O) groups is 1. The van der Waals surface area contributed by atoms with Crippen molar-refractivity contribution < 1.29 is 21.6 Å².